The Morgan fingerprint density at radius 1 is 1.10 bits per heavy atom. The van der Waals surface area contributed by atoms with Gasteiger partial charge in [0.2, 0.25) is 11.9 Å². The van der Waals surface area contributed by atoms with Crippen molar-refractivity contribution in [1.82, 2.24) is 14.6 Å². The molecule has 1 amide bonds. The van der Waals surface area contributed by atoms with E-state index < -0.39 is 0 Å². The van der Waals surface area contributed by atoms with Gasteiger partial charge in [-0.05, 0) is 24.3 Å². The summed E-state index contributed by atoms with van der Waals surface area (Å²) >= 11 is 0. The Hall–Kier alpha value is -2.89. The first-order valence-corrected chi connectivity index (χ1v) is 6.18. The first kappa shape index (κ1) is 12.2. The van der Waals surface area contributed by atoms with E-state index >= 15 is 0 Å². The van der Waals surface area contributed by atoms with Crippen molar-refractivity contribution in [3.63, 3.8) is 0 Å². The molecule has 0 atom stereocenters. The number of rotatable bonds is 3. The molecular formula is C14H13N5O. The first-order valence-electron chi connectivity index (χ1n) is 6.18. The Labute approximate surface area is 115 Å². The van der Waals surface area contributed by atoms with Crippen molar-refractivity contribution in [3.8, 4) is 0 Å². The second-order valence-electron chi connectivity index (χ2n) is 4.29. The SMILES string of the molecule is CC(=O)Nc1cccc2nc(Nc3ccccc3)nn12. The number of fused-ring (bicyclic) bond motifs is 1. The zero-order valence-electron chi connectivity index (χ0n) is 10.9. The third kappa shape index (κ3) is 2.44. The molecule has 3 aromatic rings. The van der Waals surface area contributed by atoms with Crippen molar-refractivity contribution >= 4 is 29.0 Å². The number of pyridine rings is 1. The molecule has 3 rings (SSSR count). The van der Waals surface area contributed by atoms with E-state index in [-0.39, 0.29) is 5.91 Å². The lowest BCUT2D eigenvalue weighted by Gasteiger charge is -2.03. The maximum atomic E-state index is 11.2. The number of amides is 1. The van der Waals surface area contributed by atoms with Gasteiger partial charge in [-0.2, -0.15) is 9.50 Å². The molecule has 0 aliphatic rings. The van der Waals surface area contributed by atoms with Crippen molar-refractivity contribution in [2.45, 2.75) is 6.92 Å². The second kappa shape index (κ2) is 5.00. The Balaban J connectivity index is 1.96. The molecule has 0 unspecified atom stereocenters. The van der Waals surface area contributed by atoms with E-state index in [9.17, 15) is 4.79 Å². The quantitative estimate of drug-likeness (QED) is 0.764. The number of aromatic nitrogens is 3. The van der Waals surface area contributed by atoms with Crippen LogP contribution in [-0.2, 0) is 4.79 Å². The smallest absolute Gasteiger partial charge is 0.247 e. The first-order chi connectivity index (χ1) is 9.72. The van der Waals surface area contributed by atoms with Crippen LogP contribution in [0.4, 0.5) is 17.5 Å². The van der Waals surface area contributed by atoms with Crippen LogP contribution in [-0.4, -0.2) is 20.5 Å². The molecular weight excluding hydrogens is 254 g/mol. The molecule has 0 saturated carbocycles. The molecule has 0 bridgehead atoms. The van der Waals surface area contributed by atoms with Gasteiger partial charge in [-0.1, -0.05) is 24.3 Å². The van der Waals surface area contributed by atoms with Crippen LogP contribution in [0.2, 0.25) is 0 Å². The lowest BCUT2D eigenvalue weighted by Crippen LogP contribution is -2.10. The largest absolute Gasteiger partial charge is 0.323 e. The fraction of sp³-hybridized carbons (Fsp3) is 0.0714. The van der Waals surface area contributed by atoms with Crippen molar-refractivity contribution in [1.29, 1.82) is 0 Å². The number of carbonyl (C=O) groups is 1. The number of anilines is 3. The van der Waals surface area contributed by atoms with Gasteiger partial charge in [0.25, 0.3) is 0 Å². The van der Waals surface area contributed by atoms with Crippen molar-refractivity contribution in [3.05, 3.63) is 48.5 Å². The number of benzene rings is 1. The van der Waals surface area contributed by atoms with E-state index in [4.69, 9.17) is 0 Å². The molecule has 6 heteroatoms. The van der Waals surface area contributed by atoms with Gasteiger partial charge in [0.15, 0.2) is 5.65 Å². The van der Waals surface area contributed by atoms with E-state index in [1.54, 1.807) is 10.6 Å². The normalized spacial score (nSPS) is 10.4. The molecule has 0 radical (unpaired) electrons. The molecule has 0 saturated heterocycles. The third-order valence-electron chi connectivity index (χ3n) is 2.69. The molecule has 2 N–H and O–H groups in total. The lowest BCUT2D eigenvalue weighted by atomic mass is 10.3. The fourth-order valence-corrected chi connectivity index (χ4v) is 1.88. The molecule has 6 nitrogen and oxygen atoms in total. The molecule has 0 aliphatic heterocycles. The summed E-state index contributed by atoms with van der Waals surface area (Å²) in [7, 11) is 0. The summed E-state index contributed by atoms with van der Waals surface area (Å²) in [5.41, 5.74) is 1.57. The van der Waals surface area contributed by atoms with Gasteiger partial charge in [0, 0.05) is 12.6 Å². The van der Waals surface area contributed by atoms with E-state index in [1.165, 1.54) is 6.92 Å². The summed E-state index contributed by atoms with van der Waals surface area (Å²) in [4.78, 5) is 15.5. The average molecular weight is 267 g/mol. The number of nitrogens with one attached hydrogen (secondary N) is 2. The molecule has 0 spiro atoms. The predicted octanol–water partition coefficient (Wildman–Crippen LogP) is 2.43. The maximum absolute atomic E-state index is 11.2. The molecule has 2 heterocycles. The Morgan fingerprint density at radius 3 is 2.65 bits per heavy atom. The second-order valence-corrected chi connectivity index (χ2v) is 4.29. The number of para-hydroxylation sites is 1. The highest BCUT2D eigenvalue weighted by atomic mass is 16.1. The fourth-order valence-electron chi connectivity index (χ4n) is 1.88. The van der Waals surface area contributed by atoms with E-state index in [0.717, 1.165) is 5.69 Å². The van der Waals surface area contributed by atoms with Crippen LogP contribution in [0.25, 0.3) is 5.65 Å². The summed E-state index contributed by atoms with van der Waals surface area (Å²) < 4.78 is 1.59. The minimum absolute atomic E-state index is 0.148. The van der Waals surface area contributed by atoms with Crippen molar-refractivity contribution < 1.29 is 4.79 Å². The van der Waals surface area contributed by atoms with Crippen LogP contribution >= 0.6 is 0 Å². The number of carbonyl (C=O) groups excluding carboxylic acids is 1. The molecule has 0 aliphatic carbocycles. The van der Waals surface area contributed by atoms with Crippen molar-refractivity contribution in [2.75, 3.05) is 10.6 Å². The highest BCUT2D eigenvalue weighted by Gasteiger charge is 2.07. The average Bonchev–Trinajstić information content (AvgIpc) is 2.83. The minimum atomic E-state index is -0.148. The van der Waals surface area contributed by atoms with Crippen LogP contribution in [0, 0.1) is 0 Å². The Kier molecular flexibility index (Phi) is 3.04. The van der Waals surface area contributed by atoms with Crippen LogP contribution in [0.3, 0.4) is 0 Å². The third-order valence-corrected chi connectivity index (χ3v) is 2.69. The highest BCUT2D eigenvalue weighted by Crippen LogP contribution is 2.16. The van der Waals surface area contributed by atoms with E-state index in [2.05, 4.69) is 20.7 Å². The van der Waals surface area contributed by atoms with Crippen LogP contribution in [0.5, 0.6) is 0 Å². The monoisotopic (exact) mass is 267 g/mol. The number of nitrogens with zero attached hydrogens (tertiary/aromatic N) is 3. The van der Waals surface area contributed by atoms with Gasteiger partial charge in [0.1, 0.15) is 5.82 Å². The Morgan fingerprint density at radius 2 is 1.90 bits per heavy atom. The minimum Gasteiger partial charge on any atom is -0.323 e. The zero-order valence-corrected chi connectivity index (χ0v) is 10.9. The van der Waals surface area contributed by atoms with E-state index in [0.29, 0.717) is 17.4 Å². The molecule has 1 aromatic carbocycles. The Bertz CT molecular complexity index is 751. The highest BCUT2D eigenvalue weighted by molar-refractivity contribution is 5.88. The van der Waals surface area contributed by atoms with E-state index in [1.807, 2.05) is 42.5 Å². The van der Waals surface area contributed by atoms with Crippen molar-refractivity contribution in [2.24, 2.45) is 0 Å². The standard InChI is InChI=1S/C14H13N5O/c1-10(20)15-12-8-5-9-13-17-14(18-19(12)13)16-11-6-3-2-4-7-11/h2-9H,1H3,(H,15,20)(H,16,18). The van der Waals surface area contributed by atoms with Crippen LogP contribution < -0.4 is 10.6 Å². The summed E-state index contributed by atoms with van der Waals surface area (Å²) in [6.07, 6.45) is 0. The number of hydrogen-bond acceptors (Lipinski definition) is 4. The zero-order chi connectivity index (χ0) is 13.9. The molecule has 0 fully saturated rings. The van der Waals surface area contributed by atoms with Crippen LogP contribution in [0.15, 0.2) is 48.5 Å². The van der Waals surface area contributed by atoms with Gasteiger partial charge in [-0.25, -0.2) is 0 Å². The molecule has 20 heavy (non-hydrogen) atoms. The van der Waals surface area contributed by atoms with Gasteiger partial charge in [-0.3, -0.25) is 4.79 Å². The molecule has 2 aromatic heterocycles. The summed E-state index contributed by atoms with van der Waals surface area (Å²) in [5.74, 6) is 0.920. The van der Waals surface area contributed by atoms with Gasteiger partial charge >= 0.3 is 0 Å². The lowest BCUT2D eigenvalue weighted by molar-refractivity contribution is -0.114. The van der Waals surface area contributed by atoms with Gasteiger partial charge in [0.05, 0.1) is 0 Å². The predicted molar refractivity (Wildman–Crippen MR) is 77.0 cm³/mol. The van der Waals surface area contributed by atoms with Gasteiger partial charge < -0.3 is 10.6 Å². The van der Waals surface area contributed by atoms with Crippen LogP contribution in [0.1, 0.15) is 6.92 Å². The summed E-state index contributed by atoms with van der Waals surface area (Å²) in [6, 6.07) is 15.1. The van der Waals surface area contributed by atoms with Gasteiger partial charge in [-0.15, -0.1) is 5.10 Å². The maximum Gasteiger partial charge on any atom is 0.247 e. The topological polar surface area (TPSA) is 71.3 Å². The summed E-state index contributed by atoms with van der Waals surface area (Å²) in [5, 5.41) is 10.2. The summed E-state index contributed by atoms with van der Waals surface area (Å²) in [6.45, 7) is 1.46. The number of hydrogen-bond donors (Lipinski definition) is 2. The molecule has 100 valence electrons.